The number of hydrogen-bond acceptors (Lipinski definition) is 3. The minimum Gasteiger partial charge on any atom is -0.330 e. The van der Waals surface area contributed by atoms with Gasteiger partial charge in [0.2, 0.25) is 0 Å². The molecule has 0 aliphatic heterocycles. The normalized spacial score (nSPS) is 11.2. The second kappa shape index (κ2) is 4.97. The van der Waals surface area contributed by atoms with Crippen LogP contribution in [0.25, 0.3) is 16.9 Å². The van der Waals surface area contributed by atoms with Crippen molar-refractivity contribution >= 4 is 11.0 Å². The predicted octanol–water partition coefficient (Wildman–Crippen LogP) is 2.20. The van der Waals surface area contributed by atoms with Gasteiger partial charge in [0.25, 0.3) is 0 Å². The fourth-order valence-electron chi connectivity index (χ4n) is 2.18. The highest BCUT2D eigenvalue weighted by Crippen LogP contribution is 2.22. The van der Waals surface area contributed by atoms with Crippen molar-refractivity contribution in [1.29, 1.82) is 0 Å². The summed E-state index contributed by atoms with van der Waals surface area (Å²) >= 11 is 0. The van der Waals surface area contributed by atoms with Gasteiger partial charge in [0, 0.05) is 12.5 Å². The number of rotatable bonds is 3. The number of para-hydroxylation sites is 2. The third-order valence-electron chi connectivity index (χ3n) is 3.00. The molecule has 20 heavy (non-hydrogen) atoms. The van der Waals surface area contributed by atoms with Gasteiger partial charge in [-0.15, -0.1) is 0 Å². The van der Waals surface area contributed by atoms with Crippen LogP contribution in [0.15, 0.2) is 36.5 Å². The highest BCUT2D eigenvalue weighted by atomic mass is 19.1. The fraction of sp³-hybridized carbons (Fsp3) is 0.143. The molecule has 0 bridgehead atoms. The molecule has 2 N–H and O–H groups in total. The zero-order chi connectivity index (χ0) is 14.1. The molecule has 1 aromatic carbocycles. The molecule has 2 heterocycles. The summed E-state index contributed by atoms with van der Waals surface area (Å²) in [5, 5.41) is 0. The van der Waals surface area contributed by atoms with Gasteiger partial charge < -0.3 is 5.73 Å². The molecule has 0 aliphatic rings. The summed E-state index contributed by atoms with van der Waals surface area (Å²) in [5.74, 6) is -0.808. The Kier molecular flexibility index (Phi) is 3.15. The Morgan fingerprint density at radius 1 is 1.20 bits per heavy atom. The first-order valence-electron chi connectivity index (χ1n) is 6.18. The molecule has 0 atom stereocenters. The molecular weight excluding hydrogens is 262 g/mol. The quantitative estimate of drug-likeness (QED) is 0.796. The van der Waals surface area contributed by atoms with E-state index in [1.165, 1.54) is 0 Å². The summed E-state index contributed by atoms with van der Waals surface area (Å²) in [7, 11) is 0. The van der Waals surface area contributed by atoms with Crippen LogP contribution in [-0.4, -0.2) is 21.1 Å². The number of halogens is 2. The molecule has 0 fully saturated rings. The molecule has 0 saturated carbocycles. The van der Waals surface area contributed by atoms with Crippen molar-refractivity contribution in [1.82, 2.24) is 14.5 Å². The van der Waals surface area contributed by atoms with Gasteiger partial charge in [0.1, 0.15) is 11.6 Å². The summed E-state index contributed by atoms with van der Waals surface area (Å²) in [6, 6.07) is 8.12. The molecule has 0 saturated heterocycles. The summed E-state index contributed by atoms with van der Waals surface area (Å²) in [6.07, 6.45) is 1.46. The standard InChI is InChI=1S/C14H12F2N4/c15-9-7-10(16)14(18-8-9)20-12-4-2-1-3-11(12)19-13(20)5-6-17/h1-4,7-8H,5-6,17H2. The molecule has 0 aliphatic carbocycles. The van der Waals surface area contributed by atoms with Gasteiger partial charge in [-0.3, -0.25) is 4.57 Å². The predicted molar refractivity (Wildman–Crippen MR) is 71.5 cm³/mol. The van der Waals surface area contributed by atoms with Crippen molar-refractivity contribution in [3.05, 3.63) is 54.0 Å². The van der Waals surface area contributed by atoms with Crippen LogP contribution >= 0.6 is 0 Å². The van der Waals surface area contributed by atoms with Gasteiger partial charge in [-0.05, 0) is 18.7 Å². The lowest BCUT2D eigenvalue weighted by Crippen LogP contribution is -2.11. The van der Waals surface area contributed by atoms with Crippen LogP contribution in [0.5, 0.6) is 0 Å². The number of imidazole rings is 1. The van der Waals surface area contributed by atoms with E-state index in [-0.39, 0.29) is 5.82 Å². The molecule has 0 amide bonds. The van der Waals surface area contributed by atoms with Crippen LogP contribution in [-0.2, 0) is 6.42 Å². The minimum absolute atomic E-state index is 0.0311. The third kappa shape index (κ3) is 2.04. The lowest BCUT2D eigenvalue weighted by molar-refractivity contribution is 0.564. The van der Waals surface area contributed by atoms with E-state index < -0.39 is 11.6 Å². The van der Waals surface area contributed by atoms with E-state index in [1.807, 2.05) is 24.3 Å². The maximum absolute atomic E-state index is 14.0. The van der Waals surface area contributed by atoms with Crippen molar-refractivity contribution in [2.24, 2.45) is 5.73 Å². The van der Waals surface area contributed by atoms with Crippen molar-refractivity contribution in [2.75, 3.05) is 6.54 Å². The molecule has 6 heteroatoms. The lowest BCUT2D eigenvalue weighted by atomic mass is 10.3. The zero-order valence-corrected chi connectivity index (χ0v) is 10.6. The van der Waals surface area contributed by atoms with Gasteiger partial charge >= 0.3 is 0 Å². The Labute approximate surface area is 113 Å². The Morgan fingerprint density at radius 3 is 2.75 bits per heavy atom. The average molecular weight is 274 g/mol. The van der Waals surface area contributed by atoms with Crippen LogP contribution in [0.3, 0.4) is 0 Å². The molecule has 3 rings (SSSR count). The molecule has 102 valence electrons. The largest absolute Gasteiger partial charge is 0.330 e. The summed E-state index contributed by atoms with van der Waals surface area (Å²) in [6.45, 7) is 0.381. The van der Waals surface area contributed by atoms with E-state index in [1.54, 1.807) is 4.57 Å². The van der Waals surface area contributed by atoms with Crippen molar-refractivity contribution in [3.63, 3.8) is 0 Å². The Hall–Kier alpha value is -2.34. The van der Waals surface area contributed by atoms with E-state index in [2.05, 4.69) is 9.97 Å². The first-order valence-corrected chi connectivity index (χ1v) is 6.18. The van der Waals surface area contributed by atoms with Crippen LogP contribution in [0.1, 0.15) is 5.82 Å². The number of nitrogens with zero attached hydrogens (tertiary/aromatic N) is 3. The molecular formula is C14H12F2N4. The zero-order valence-electron chi connectivity index (χ0n) is 10.6. The molecule has 0 unspecified atom stereocenters. The fourth-order valence-corrected chi connectivity index (χ4v) is 2.18. The Balaban J connectivity index is 2.30. The van der Waals surface area contributed by atoms with E-state index in [0.717, 1.165) is 17.8 Å². The lowest BCUT2D eigenvalue weighted by Gasteiger charge is -2.08. The highest BCUT2D eigenvalue weighted by molar-refractivity contribution is 5.77. The van der Waals surface area contributed by atoms with Crippen LogP contribution in [0, 0.1) is 11.6 Å². The maximum atomic E-state index is 14.0. The number of fused-ring (bicyclic) bond motifs is 1. The van der Waals surface area contributed by atoms with Crippen molar-refractivity contribution in [3.8, 4) is 5.82 Å². The molecule has 3 aromatic rings. The summed E-state index contributed by atoms with van der Waals surface area (Å²) < 4.78 is 28.6. The highest BCUT2D eigenvalue weighted by Gasteiger charge is 2.16. The smallest absolute Gasteiger partial charge is 0.175 e. The monoisotopic (exact) mass is 274 g/mol. The number of hydrogen-bond donors (Lipinski definition) is 1. The number of pyridine rings is 1. The number of aromatic nitrogens is 3. The maximum Gasteiger partial charge on any atom is 0.175 e. The summed E-state index contributed by atoms with van der Waals surface area (Å²) in [5.41, 5.74) is 7.00. The van der Waals surface area contributed by atoms with Gasteiger partial charge in [-0.1, -0.05) is 12.1 Å². The first kappa shape index (κ1) is 12.7. The van der Waals surface area contributed by atoms with E-state index >= 15 is 0 Å². The van der Waals surface area contributed by atoms with E-state index in [4.69, 9.17) is 5.73 Å². The SMILES string of the molecule is NCCc1nc2ccccc2n1-c1ncc(F)cc1F. The topological polar surface area (TPSA) is 56.7 Å². The summed E-state index contributed by atoms with van der Waals surface area (Å²) in [4.78, 5) is 8.27. The second-order valence-corrected chi connectivity index (χ2v) is 4.35. The van der Waals surface area contributed by atoms with Crippen LogP contribution in [0.2, 0.25) is 0 Å². The first-order chi connectivity index (χ1) is 9.70. The molecule has 0 spiro atoms. The number of benzene rings is 1. The second-order valence-electron chi connectivity index (χ2n) is 4.35. The van der Waals surface area contributed by atoms with Crippen molar-refractivity contribution < 1.29 is 8.78 Å². The van der Waals surface area contributed by atoms with Crippen molar-refractivity contribution in [2.45, 2.75) is 6.42 Å². The molecule has 4 nitrogen and oxygen atoms in total. The Morgan fingerprint density at radius 2 is 2.00 bits per heavy atom. The third-order valence-corrected chi connectivity index (χ3v) is 3.00. The average Bonchev–Trinajstić information content (AvgIpc) is 2.78. The minimum atomic E-state index is -0.730. The van der Waals surface area contributed by atoms with Gasteiger partial charge in [0.15, 0.2) is 11.6 Å². The van der Waals surface area contributed by atoms with Crippen LogP contribution < -0.4 is 5.73 Å². The van der Waals surface area contributed by atoms with Gasteiger partial charge in [0.05, 0.1) is 17.2 Å². The van der Waals surface area contributed by atoms with Gasteiger partial charge in [-0.25, -0.2) is 18.7 Å². The van der Waals surface area contributed by atoms with E-state index in [9.17, 15) is 8.78 Å². The number of nitrogens with two attached hydrogens (primary N) is 1. The van der Waals surface area contributed by atoms with Crippen LogP contribution in [0.4, 0.5) is 8.78 Å². The molecule has 0 radical (unpaired) electrons. The Bertz CT molecular complexity index is 767. The van der Waals surface area contributed by atoms with Gasteiger partial charge in [-0.2, -0.15) is 0 Å². The molecule has 2 aromatic heterocycles. The van der Waals surface area contributed by atoms with E-state index in [0.29, 0.717) is 24.3 Å².